The minimum atomic E-state index is -0.496. The number of ether oxygens (including phenoxy) is 1. The standard InChI is InChI=1S/C14H12N4O2/c1-2-20-14(19)13-12(16-18-17-13)10-7-3-5-9-6-4-8-15-11(9)10/h3-8H,2H2,1H3,(H,16,17,18). The Hall–Kier alpha value is -2.76. The lowest BCUT2D eigenvalue weighted by Crippen LogP contribution is -2.07. The van der Waals surface area contributed by atoms with Crippen LogP contribution in [0, 0.1) is 0 Å². The summed E-state index contributed by atoms with van der Waals surface area (Å²) < 4.78 is 4.98. The van der Waals surface area contributed by atoms with Gasteiger partial charge in [-0.25, -0.2) is 4.79 Å². The highest BCUT2D eigenvalue weighted by Gasteiger charge is 2.20. The first-order valence-corrected chi connectivity index (χ1v) is 6.23. The van der Waals surface area contributed by atoms with E-state index < -0.39 is 5.97 Å². The number of pyridine rings is 1. The molecule has 0 radical (unpaired) electrons. The van der Waals surface area contributed by atoms with Gasteiger partial charge >= 0.3 is 5.97 Å². The van der Waals surface area contributed by atoms with Crippen LogP contribution in [0.5, 0.6) is 0 Å². The highest BCUT2D eigenvalue weighted by molar-refractivity contribution is 6.00. The van der Waals surface area contributed by atoms with Gasteiger partial charge in [-0.05, 0) is 13.0 Å². The van der Waals surface area contributed by atoms with Gasteiger partial charge in [-0.2, -0.15) is 10.3 Å². The zero-order chi connectivity index (χ0) is 13.9. The molecule has 0 amide bonds. The van der Waals surface area contributed by atoms with Crippen molar-refractivity contribution in [2.75, 3.05) is 6.61 Å². The van der Waals surface area contributed by atoms with Crippen LogP contribution in [0.1, 0.15) is 17.4 Å². The van der Waals surface area contributed by atoms with Crippen LogP contribution in [0.25, 0.3) is 22.2 Å². The molecule has 0 saturated heterocycles. The number of H-pyrrole nitrogens is 1. The number of esters is 1. The second-order valence-electron chi connectivity index (χ2n) is 4.12. The molecule has 0 saturated carbocycles. The number of aromatic amines is 1. The van der Waals surface area contributed by atoms with Crippen LogP contribution in [-0.2, 0) is 4.74 Å². The summed E-state index contributed by atoms with van der Waals surface area (Å²) in [5.41, 5.74) is 2.15. The fourth-order valence-corrected chi connectivity index (χ4v) is 2.06. The van der Waals surface area contributed by atoms with Gasteiger partial charge in [-0.3, -0.25) is 4.98 Å². The fourth-order valence-electron chi connectivity index (χ4n) is 2.06. The Morgan fingerprint density at radius 3 is 2.95 bits per heavy atom. The van der Waals surface area contributed by atoms with Gasteiger partial charge in [0.2, 0.25) is 0 Å². The molecule has 1 aromatic carbocycles. The fraction of sp³-hybridized carbons (Fsp3) is 0.143. The number of hydrogen-bond donors (Lipinski definition) is 1. The summed E-state index contributed by atoms with van der Waals surface area (Å²) >= 11 is 0. The van der Waals surface area contributed by atoms with E-state index in [1.165, 1.54) is 0 Å². The van der Waals surface area contributed by atoms with Gasteiger partial charge < -0.3 is 4.74 Å². The highest BCUT2D eigenvalue weighted by Crippen LogP contribution is 2.27. The topological polar surface area (TPSA) is 80.8 Å². The lowest BCUT2D eigenvalue weighted by atomic mass is 10.1. The molecule has 6 nitrogen and oxygen atoms in total. The van der Waals surface area contributed by atoms with E-state index >= 15 is 0 Å². The third-order valence-corrected chi connectivity index (χ3v) is 2.90. The van der Waals surface area contributed by atoms with Crippen molar-refractivity contribution in [1.82, 2.24) is 20.4 Å². The van der Waals surface area contributed by atoms with Gasteiger partial charge in [0.1, 0.15) is 5.69 Å². The predicted octanol–water partition coefficient (Wildman–Crippen LogP) is 2.20. The van der Waals surface area contributed by atoms with Gasteiger partial charge in [0.25, 0.3) is 0 Å². The number of para-hydroxylation sites is 1. The van der Waals surface area contributed by atoms with Gasteiger partial charge in [0.15, 0.2) is 5.69 Å². The Morgan fingerprint density at radius 1 is 1.25 bits per heavy atom. The number of benzene rings is 1. The summed E-state index contributed by atoms with van der Waals surface area (Å²) in [6.45, 7) is 2.04. The summed E-state index contributed by atoms with van der Waals surface area (Å²) in [5, 5.41) is 11.4. The Kier molecular flexibility index (Phi) is 3.12. The molecule has 0 aliphatic carbocycles. The maximum Gasteiger partial charge on any atom is 0.361 e. The molecule has 0 fully saturated rings. The van der Waals surface area contributed by atoms with Gasteiger partial charge in [0.05, 0.1) is 12.1 Å². The van der Waals surface area contributed by atoms with Crippen LogP contribution in [0.4, 0.5) is 0 Å². The van der Waals surface area contributed by atoms with Crippen LogP contribution >= 0.6 is 0 Å². The van der Waals surface area contributed by atoms with E-state index in [0.717, 1.165) is 16.5 Å². The number of fused-ring (bicyclic) bond motifs is 1. The van der Waals surface area contributed by atoms with Crippen LogP contribution in [-0.4, -0.2) is 33.0 Å². The van der Waals surface area contributed by atoms with Crippen molar-refractivity contribution in [3.05, 3.63) is 42.2 Å². The van der Waals surface area contributed by atoms with E-state index in [1.807, 2.05) is 30.3 Å². The van der Waals surface area contributed by atoms with Crippen molar-refractivity contribution >= 4 is 16.9 Å². The second-order valence-corrected chi connectivity index (χ2v) is 4.12. The van der Waals surface area contributed by atoms with Crippen molar-refractivity contribution in [2.45, 2.75) is 6.92 Å². The maximum atomic E-state index is 11.9. The molecule has 1 N–H and O–H groups in total. The molecule has 2 heterocycles. The summed E-state index contributed by atoms with van der Waals surface area (Å²) in [6, 6.07) is 9.52. The van der Waals surface area contributed by atoms with Crippen molar-refractivity contribution < 1.29 is 9.53 Å². The van der Waals surface area contributed by atoms with Crippen LogP contribution in [0.15, 0.2) is 36.5 Å². The second kappa shape index (κ2) is 5.08. The van der Waals surface area contributed by atoms with Crippen LogP contribution < -0.4 is 0 Å². The smallest absolute Gasteiger partial charge is 0.361 e. The molecule has 3 rings (SSSR count). The zero-order valence-electron chi connectivity index (χ0n) is 10.8. The lowest BCUT2D eigenvalue weighted by Gasteiger charge is -2.04. The third-order valence-electron chi connectivity index (χ3n) is 2.90. The molecule has 3 aromatic rings. The number of carbonyl (C=O) groups excluding carboxylic acids is 1. The Labute approximate surface area is 114 Å². The molecule has 6 heteroatoms. The van der Waals surface area contributed by atoms with Crippen molar-refractivity contribution in [3.8, 4) is 11.3 Å². The first kappa shape index (κ1) is 12.3. The minimum absolute atomic E-state index is 0.171. The molecule has 0 atom stereocenters. The Bertz CT molecular complexity index is 761. The number of nitrogens with one attached hydrogen (secondary N) is 1. The van der Waals surface area contributed by atoms with Gasteiger partial charge in [-0.15, -0.1) is 5.10 Å². The number of hydrogen-bond acceptors (Lipinski definition) is 5. The lowest BCUT2D eigenvalue weighted by molar-refractivity contribution is 0.0520. The molecule has 0 bridgehead atoms. The van der Waals surface area contributed by atoms with Crippen molar-refractivity contribution in [2.24, 2.45) is 0 Å². The quantitative estimate of drug-likeness (QED) is 0.736. The molecule has 20 heavy (non-hydrogen) atoms. The number of carbonyl (C=O) groups is 1. The van der Waals surface area contributed by atoms with Crippen molar-refractivity contribution in [1.29, 1.82) is 0 Å². The number of aromatic nitrogens is 4. The Morgan fingerprint density at radius 2 is 2.10 bits per heavy atom. The van der Waals surface area contributed by atoms with Crippen LogP contribution in [0.3, 0.4) is 0 Å². The summed E-state index contributed by atoms with van der Waals surface area (Å²) in [6.07, 6.45) is 1.70. The van der Waals surface area contributed by atoms with E-state index in [1.54, 1.807) is 13.1 Å². The highest BCUT2D eigenvalue weighted by atomic mass is 16.5. The number of nitrogens with zero attached hydrogens (tertiary/aromatic N) is 3. The SMILES string of the molecule is CCOC(=O)c1n[nH]nc1-c1cccc2cccnc12. The summed E-state index contributed by atoms with van der Waals surface area (Å²) in [7, 11) is 0. The monoisotopic (exact) mass is 268 g/mol. The molecule has 2 aromatic heterocycles. The van der Waals surface area contributed by atoms with E-state index in [9.17, 15) is 4.79 Å². The number of rotatable bonds is 3. The predicted molar refractivity (Wildman–Crippen MR) is 73.1 cm³/mol. The van der Waals surface area contributed by atoms with Gasteiger partial charge in [-0.1, -0.05) is 24.3 Å². The summed E-state index contributed by atoms with van der Waals surface area (Å²) in [5.74, 6) is -0.496. The zero-order valence-corrected chi connectivity index (χ0v) is 10.8. The van der Waals surface area contributed by atoms with E-state index in [4.69, 9.17) is 4.74 Å². The molecule has 0 unspecified atom stereocenters. The molecule has 0 aliphatic rings. The normalized spacial score (nSPS) is 10.7. The van der Waals surface area contributed by atoms with Crippen molar-refractivity contribution in [3.63, 3.8) is 0 Å². The summed E-state index contributed by atoms with van der Waals surface area (Å²) in [4.78, 5) is 16.2. The minimum Gasteiger partial charge on any atom is -0.461 e. The molecule has 0 aliphatic heterocycles. The van der Waals surface area contributed by atoms with E-state index in [-0.39, 0.29) is 5.69 Å². The van der Waals surface area contributed by atoms with E-state index in [2.05, 4.69) is 20.4 Å². The largest absolute Gasteiger partial charge is 0.461 e. The molecule has 100 valence electrons. The Balaban J connectivity index is 2.17. The average Bonchev–Trinajstić information content (AvgIpc) is 2.96. The molecule has 0 spiro atoms. The first-order valence-electron chi connectivity index (χ1n) is 6.23. The van der Waals surface area contributed by atoms with E-state index in [0.29, 0.717) is 12.3 Å². The first-order chi connectivity index (χ1) is 9.81. The average molecular weight is 268 g/mol. The maximum absolute atomic E-state index is 11.9. The molecular weight excluding hydrogens is 256 g/mol. The van der Waals surface area contributed by atoms with Gasteiger partial charge in [0, 0.05) is 17.1 Å². The third kappa shape index (κ3) is 2.01. The molecular formula is C14H12N4O2. The van der Waals surface area contributed by atoms with Crippen LogP contribution in [0.2, 0.25) is 0 Å².